The molecule has 0 saturated carbocycles. The van der Waals surface area contributed by atoms with Crippen molar-refractivity contribution in [1.29, 1.82) is 0 Å². The van der Waals surface area contributed by atoms with Gasteiger partial charge in [0.2, 0.25) is 12.6 Å². The maximum absolute atomic E-state index is 10.8. The maximum atomic E-state index is 10.8. The molecule has 0 aliphatic carbocycles. The van der Waals surface area contributed by atoms with E-state index in [1.807, 2.05) is 6.07 Å². The molecule has 26 heavy (non-hydrogen) atoms. The van der Waals surface area contributed by atoms with Gasteiger partial charge in [0.1, 0.15) is 6.04 Å². The predicted octanol–water partition coefficient (Wildman–Crippen LogP) is 2.09. The summed E-state index contributed by atoms with van der Waals surface area (Å²) in [5.74, 6) is 1.10. The van der Waals surface area contributed by atoms with E-state index < -0.39 is 12.0 Å². The number of benzene rings is 2. The topological polar surface area (TPSA) is 121 Å². The van der Waals surface area contributed by atoms with Gasteiger partial charge < -0.3 is 24.8 Å². The quantitative estimate of drug-likeness (QED) is 0.715. The van der Waals surface area contributed by atoms with Crippen LogP contribution in [0.2, 0.25) is 0 Å². The van der Waals surface area contributed by atoms with Crippen LogP contribution in [-0.4, -0.2) is 34.1 Å². The van der Waals surface area contributed by atoms with Gasteiger partial charge in [0.05, 0.1) is 0 Å². The lowest BCUT2D eigenvalue weighted by Gasteiger charge is -2.06. The Bertz CT molecular complexity index is 952. The number of carbonyl (C=O) groups is 1. The summed E-state index contributed by atoms with van der Waals surface area (Å²) in [7, 11) is 0. The summed E-state index contributed by atoms with van der Waals surface area (Å²) in [5.41, 5.74) is 7.86. The highest BCUT2D eigenvalue weighted by molar-refractivity contribution is 5.73. The van der Waals surface area contributed by atoms with E-state index in [1.54, 1.807) is 36.4 Å². The van der Waals surface area contributed by atoms with Crippen molar-refractivity contribution in [1.82, 2.24) is 10.1 Å². The van der Waals surface area contributed by atoms with Crippen molar-refractivity contribution in [3.8, 4) is 34.3 Å². The van der Waals surface area contributed by atoms with E-state index >= 15 is 0 Å². The highest BCUT2D eigenvalue weighted by atomic mass is 16.7. The van der Waals surface area contributed by atoms with Crippen molar-refractivity contribution < 1.29 is 23.9 Å². The predicted molar refractivity (Wildman–Crippen MR) is 90.6 cm³/mol. The van der Waals surface area contributed by atoms with Crippen molar-refractivity contribution in [3.63, 3.8) is 0 Å². The molecule has 3 N–H and O–H groups in total. The maximum Gasteiger partial charge on any atom is 0.320 e. The summed E-state index contributed by atoms with van der Waals surface area (Å²) in [4.78, 5) is 15.2. The molecule has 0 spiro atoms. The van der Waals surface area contributed by atoms with Gasteiger partial charge in [-0.3, -0.25) is 4.79 Å². The Morgan fingerprint density at radius 3 is 2.62 bits per heavy atom. The Hall–Kier alpha value is -3.39. The first kappa shape index (κ1) is 16.1. The number of nitrogens with zero attached hydrogens (tertiary/aromatic N) is 2. The number of nitrogens with two attached hydrogens (primary N) is 1. The first-order valence-corrected chi connectivity index (χ1v) is 7.91. The largest absolute Gasteiger partial charge is 0.480 e. The van der Waals surface area contributed by atoms with Crippen molar-refractivity contribution in [2.75, 3.05) is 6.79 Å². The zero-order chi connectivity index (χ0) is 18.1. The van der Waals surface area contributed by atoms with E-state index in [9.17, 15) is 4.79 Å². The first-order chi connectivity index (χ1) is 12.6. The van der Waals surface area contributed by atoms with E-state index in [0.717, 1.165) is 16.7 Å². The van der Waals surface area contributed by atoms with Crippen molar-refractivity contribution in [3.05, 3.63) is 48.0 Å². The Labute approximate surface area is 148 Å². The molecule has 132 valence electrons. The molecule has 4 rings (SSSR count). The van der Waals surface area contributed by atoms with Crippen LogP contribution in [0.1, 0.15) is 5.56 Å². The highest BCUT2D eigenvalue weighted by Crippen LogP contribution is 2.35. The minimum absolute atomic E-state index is 0.200. The molecule has 0 amide bonds. The van der Waals surface area contributed by atoms with Crippen LogP contribution < -0.4 is 15.2 Å². The summed E-state index contributed by atoms with van der Waals surface area (Å²) >= 11 is 0. The molecular weight excluding hydrogens is 338 g/mol. The van der Waals surface area contributed by atoms with Gasteiger partial charge in [-0.05, 0) is 30.2 Å². The minimum atomic E-state index is -1.03. The normalized spacial score (nSPS) is 13.6. The van der Waals surface area contributed by atoms with Gasteiger partial charge >= 0.3 is 5.97 Å². The van der Waals surface area contributed by atoms with Gasteiger partial charge in [-0.2, -0.15) is 4.98 Å². The number of rotatable bonds is 5. The van der Waals surface area contributed by atoms with Gasteiger partial charge in [-0.15, -0.1) is 0 Å². The van der Waals surface area contributed by atoms with E-state index in [2.05, 4.69) is 10.1 Å². The lowest BCUT2D eigenvalue weighted by atomic mass is 10.0. The number of fused-ring (bicyclic) bond motifs is 1. The average molecular weight is 353 g/mol. The molecule has 0 fully saturated rings. The average Bonchev–Trinajstić information content (AvgIpc) is 3.31. The van der Waals surface area contributed by atoms with Gasteiger partial charge in [-0.25, -0.2) is 0 Å². The Morgan fingerprint density at radius 1 is 1.12 bits per heavy atom. The molecule has 0 saturated heterocycles. The molecule has 0 radical (unpaired) electrons. The fourth-order valence-electron chi connectivity index (χ4n) is 2.62. The number of hydrogen-bond acceptors (Lipinski definition) is 7. The third-order valence-electron chi connectivity index (χ3n) is 4.03. The summed E-state index contributed by atoms with van der Waals surface area (Å²) in [6.45, 7) is 0.200. The molecule has 1 aliphatic rings. The molecule has 3 aromatic rings. The van der Waals surface area contributed by atoms with Crippen LogP contribution in [0.5, 0.6) is 11.5 Å². The second-order valence-corrected chi connectivity index (χ2v) is 5.84. The van der Waals surface area contributed by atoms with Crippen molar-refractivity contribution >= 4 is 5.97 Å². The van der Waals surface area contributed by atoms with Crippen LogP contribution in [0.25, 0.3) is 22.8 Å². The van der Waals surface area contributed by atoms with E-state index in [-0.39, 0.29) is 13.2 Å². The molecule has 8 nitrogen and oxygen atoms in total. The Morgan fingerprint density at radius 2 is 1.85 bits per heavy atom. The van der Waals surface area contributed by atoms with Crippen LogP contribution in [0, 0.1) is 0 Å². The third-order valence-corrected chi connectivity index (χ3v) is 4.03. The molecule has 2 heterocycles. The number of aliphatic carboxylic acids is 1. The Kier molecular flexibility index (Phi) is 4.02. The van der Waals surface area contributed by atoms with Crippen LogP contribution in [0.3, 0.4) is 0 Å². The monoisotopic (exact) mass is 353 g/mol. The number of carboxylic acid groups (broad SMARTS) is 1. The lowest BCUT2D eigenvalue weighted by Crippen LogP contribution is -2.32. The molecule has 2 aromatic carbocycles. The van der Waals surface area contributed by atoms with Crippen molar-refractivity contribution in [2.45, 2.75) is 12.5 Å². The third kappa shape index (κ3) is 3.09. The summed E-state index contributed by atoms with van der Waals surface area (Å²) in [6, 6.07) is 11.7. The lowest BCUT2D eigenvalue weighted by molar-refractivity contribution is -0.138. The zero-order valence-corrected chi connectivity index (χ0v) is 13.6. The fraction of sp³-hybridized carbons (Fsp3) is 0.167. The van der Waals surface area contributed by atoms with Gasteiger partial charge in [0.25, 0.3) is 5.89 Å². The van der Waals surface area contributed by atoms with Gasteiger partial charge in [0, 0.05) is 11.1 Å². The van der Waals surface area contributed by atoms with E-state index in [1.165, 1.54) is 0 Å². The number of carboxylic acids is 1. The molecule has 1 aromatic heterocycles. The Balaban J connectivity index is 1.53. The highest BCUT2D eigenvalue weighted by Gasteiger charge is 2.17. The second-order valence-electron chi connectivity index (χ2n) is 5.84. The van der Waals surface area contributed by atoms with Crippen molar-refractivity contribution in [2.24, 2.45) is 5.73 Å². The van der Waals surface area contributed by atoms with E-state index in [0.29, 0.717) is 23.2 Å². The standard InChI is InChI=1S/C18H15N3O5/c19-13(18(22)23)7-10-1-3-11(4-2-10)16-20-17(26-21-16)12-5-6-14-15(8-12)25-9-24-14/h1-6,8,13H,7,9,19H2,(H,22,23)/t13-/m0/s1. The summed E-state index contributed by atoms with van der Waals surface area (Å²) < 4.78 is 16.0. The van der Waals surface area contributed by atoms with Crippen LogP contribution in [0.4, 0.5) is 0 Å². The first-order valence-electron chi connectivity index (χ1n) is 7.91. The van der Waals surface area contributed by atoms with Gasteiger partial charge in [-0.1, -0.05) is 29.4 Å². The smallest absolute Gasteiger partial charge is 0.320 e. The van der Waals surface area contributed by atoms with Gasteiger partial charge in [0.15, 0.2) is 11.5 Å². The van der Waals surface area contributed by atoms with E-state index in [4.69, 9.17) is 24.8 Å². The molecule has 0 bridgehead atoms. The van der Waals surface area contributed by atoms with Crippen LogP contribution in [0.15, 0.2) is 47.0 Å². The number of hydrogen-bond donors (Lipinski definition) is 2. The fourth-order valence-corrected chi connectivity index (χ4v) is 2.62. The van der Waals surface area contributed by atoms with Crippen LogP contribution >= 0.6 is 0 Å². The van der Waals surface area contributed by atoms with Crippen LogP contribution in [-0.2, 0) is 11.2 Å². The number of ether oxygens (including phenoxy) is 2. The SMILES string of the molecule is N[C@@H](Cc1ccc(-c2noc(-c3ccc4c(c3)OCO4)n2)cc1)C(=O)O. The summed E-state index contributed by atoms with van der Waals surface area (Å²) in [5, 5.41) is 12.9. The molecule has 0 unspecified atom stereocenters. The minimum Gasteiger partial charge on any atom is -0.480 e. The molecule has 1 aliphatic heterocycles. The number of aromatic nitrogens is 2. The molecular formula is C18H15N3O5. The zero-order valence-electron chi connectivity index (χ0n) is 13.6. The second kappa shape index (κ2) is 6.49. The molecule has 1 atom stereocenters. The summed E-state index contributed by atoms with van der Waals surface area (Å²) in [6.07, 6.45) is 0.254. The molecule has 8 heteroatoms.